The molecule has 1 N–H and O–H groups in total. The molecule has 0 heterocycles. The second-order valence-corrected chi connectivity index (χ2v) is 3.27. The van der Waals surface area contributed by atoms with E-state index in [1.807, 2.05) is 0 Å². The van der Waals surface area contributed by atoms with Crippen molar-refractivity contribution in [3.05, 3.63) is 0 Å². The van der Waals surface area contributed by atoms with Gasteiger partial charge in [-0.25, -0.2) is 4.79 Å². The monoisotopic (exact) mass is 227 g/mol. The number of nitrogens with one attached hydrogen (secondary N) is 1. The first kappa shape index (κ1) is 12.5. The Bertz CT molecular complexity index is 185. The summed E-state index contributed by atoms with van der Waals surface area (Å²) in [6.45, 7) is 2.09. The van der Waals surface area contributed by atoms with Gasteiger partial charge in [-0.2, -0.15) is 0 Å². The van der Waals surface area contributed by atoms with Gasteiger partial charge in [-0.15, -0.1) is 0 Å². The number of ether oxygens (including phenoxy) is 1. The van der Waals surface area contributed by atoms with E-state index in [0.717, 1.165) is 0 Å². The zero-order valence-electron chi connectivity index (χ0n) is 7.18. The number of carbonyl (C=O) groups is 2. The van der Waals surface area contributed by atoms with Crippen LogP contribution in [0.15, 0.2) is 0 Å². The molecule has 0 aliphatic rings. The predicted molar refractivity (Wildman–Crippen MR) is 49.8 cm³/mol. The number of rotatable bonds is 5. The highest BCUT2D eigenvalue weighted by Crippen LogP contribution is 2.02. The summed E-state index contributed by atoms with van der Waals surface area (Å²) in [5, 5.41) is 2.52. The van der Waals surface area contributed by atoms with Gasteiger partial charge < -0.3 is 10.1 Å². The van der Waals surface area contributed by atoms with E-state index in [2.05, 4.69) is 10.1 Å². The lowest BCUT2D eigenvalue weighted by molar-refractivity contribution is -0.141. The fraction of sp³-hybridized carbons (Fsp3) is 0.714. The molecule has 0 aromatic carbocycles. The van der Waals surface area contributed by atoms with Crippen LogP contribution in [0.25, 0.3) is 0 Å². The number of hydrogen-bond donors (Lipinski definition) is 1. The first-order chi connectivity index (χ1) is 6.07. The van der Waals surface area contributed by atoms with Crippen LogP contribution in [-0.4, -0.2) is 29.9 Å². The molecule has 0 unspecified atom stereocenters. The molecule has 0 fully saturated rings. The molecule has 0 aromatic heterocycles. The van der Waals surface area contributed by atoms with Crippen LogP contribution in [0.1, 0.15) is 13.3 Å². The Labute approximate surface area is 86.5 Å². The molecule has 13 heavy (non-hydrogen) atoms. The Hall–Kier alpha value is -0.480. The van der Waals surface area contributed by atoms with Gasteiger partial charge in [0.25, 0.3) is 0 Å². The molecule has 0 saturated heterocycles. The van der Waals surface area contributed by atoms with Crippen molar-refractivity contribution in [2.24, 2.45) is 0 Å². The highest BCUT2D eigenvalue weighted by molar-refractivity contribution is 6.52. The number of alkyl halides is 2. The van der Waals surface area contributed by atoms with Gasteiger partial charge in [0, 0.05) is 6.42 Å². The maximum atomic E-state index is 10.7. The van der Waals surface area contributed by atoms with Gasteiger partial charge in [-0.1, -0.05) is 30.1 Å². The van der Waals surface area contributed by atoms with E-state index in [9.17, 15) is 9.59 Å². The van der Waals surface area contributed by atoms with E-state index in [1.54, 1.807) is 6.92 Å². The van der Waals surface area contributed by atoms with Gasteiger partial charge in [-0.3, -0.25) is 4.79 Å². The number of hydrogen-bond acceptors (Lipinski definition) is 3. The largest absolute Gasteiger partial charge is 0.462 e. The third-order valence-corrected chi connectivity index (χ3v) is 1.52. The van der Waals surface area contributed by atoms with E-state index >= 15 is 0 Å². The molecule has 0 aromatic rings. The first-order valence-electron chi connectivity index (χ1n) is 3.79. The third-order valence-electron chi connectivity index (χ3n) is 1.17. The smallest absolute Gasteiger partial charge is 0.339 e. The van der Waals surface area contributed by atoms with Gasteiger partial charge in [0.05, 0.1) is 6.54 Å². The molecule has 4 nitrogen and oxygen atoms in total. The van der Waals surface area contributed by atoms with Crippen molar-refractivity contribution in [2.45, 2.75) is 18.2 Å². The summed E-state index contributed by atoms with van der Waals surface area (Å²) in [7, 11) is 0. The van der Waals surface area contributed by atoms with Crippen LogP contribution < -0.4 is 5.32 Å². The lowest BCUT2D eigenvalue weighted by atomic mass is 10.4. The standard InChI is InChI=1S/C7H11Cl2NO3/c1-2-5(11)10-3-4-13-7(12)6(8)9/h6H,2-4H2,1H3,(H,10,11). The summed E-state index contributed by atoms with van der Waals surface area (Å²) >= 11 is 10.4. The zero-order valence-corrected chi connectivity index (χ0v) is 8.69. The number of amides is 1. The second kappa shape index (κ2) is 6.97. The molecule has 0 aliphatic carbocycles. The highest BCUT2D eigenvalue weighted by Gasteiger charge is 2.12. The molecule has 1 amide bonds. The molecule has 0 saturated carbocycles. The molecule has 0 aliphatic heterocycles. The topological polar surface area (TPSA) is 55.4 Å². The normalized spacial score (nSPS) is 9.85. The summed E-state index contributed by atoms with van der Waals surface area (Å²) in [4.78, 5) is 20.2. The average Bonchev–Trinajstić information content (AvgIpc) is 2.11. The fourth-order valence-electron chi connectivity index (χ4n) is 0.530. The van der Waals surface area contributed by atoms with E-state index in [4.69, 9.17) is 23.2 Å². The molecular formula is C7H11Cl2NO3. The molecule has 0 spiro atoms. The van der Waals surface area contributed by atoms with Crippen molar-refractivity contribution in [3.63, 3.8) is 0 Å². The zero-order chi connectivity index (χ0) is 10.3. The summed E-state index contributed by atoms with van der Waals surface area (Å²) in [5.74, 6) is -0.793. The van der Waals surface area contributed by atoms with Gasteiger partial charge in [0.15, 0.2) is 0 Å². The van der Waals surface area contributed by atoms with Gasteiger partial charge in [0.1, 0.15) is 6.61 Å². The van der Waals surface area contributed by atoms with Crippen LogP contribution in [0, 0.1) is 0 Å². The summed E-state index contributed by atoms with van der Waals surface area (Å²) in [6, 6.07) is 0. The minimum absolute atomic E-state index is 0.0838. The Kier molecular flexibility index (Phi) is 6.72. The van der Waals surface area contributed by atoms with Gasteiger partial charge in [0.2, 0.25) is 10.7 Å². The predicted octanol–water partition coefficient (Wildman–Crippen LogP) is 0.859. The quantitative estimate of drug-likeness (QED) is 0.431. The molecule has 76 valence electrons. The maximum absolute atomic E-state index is 10.7. The van der Waals surface area contributed by atoms with Crippen molar-refractivity contribution < 1.29 is 14.3 Å². The molecule has 0 rings (SSSR count). The minimum atomic E-state index is -1.16. The SMILES string of the molecule is CCC(=O)NCCOC(=O)C(Cl)Cl. The van der Waals surface area contributed by atoms with Crippen molar-refractivity contribution in [1.29, 1.82) is 0 Å². The maximum Gasteiger partial charge on any atom is 0.339 e. The van der Waals surface area contributed by atoms with E-state index in [-0.39, 0.29) is 19.1 Å². The second-order valence-electron chi connectivity index (χ2n) is 2.17. The van der Waals surface area contributed by atoms with E-state index in [0.29, 0.717) is 6.42 Å². The van der Waals surface area contributed by atoms with Gasteiger partial charge in [-0.05, 0) is 0 Å². The lowest BCUT2D eigenvalue weighted by Gasteiger charge is -2.05. The van der Waals surface area contributed by atoms with Crippen molar-refractivity contribution in [3.8, 4) is 0 Å². The third kappa shape index (κ3) is 6.66. The molecule has 0 atom stereocenters. The minimum Gasteiger partial charge on any atom is -0.462 e. The number of carbonyl (C=O) groups excluding carboxylic acids is 2. The summed E-state index contributed by atoms with van der Waals surface area (Å²) in [5.41, 5.74) is 0. The van der Waals surface area contributed by atoms with Crippen LogP contribution in [0.3, 0.4) is 0 Å². The highest BCUT2D eigenvalue weighted by atomic mass is 35.5. The van der Waals surface area contributed by atoms with Crippen LogP contribution >= 0.6 is 23.2 Å². The summed E-state index contributed by atoms with van der Waals surface area (Å²) in [6.07, 6.45) is 0.404. The fourth-order valence-corrected chi connectivity index (χ4v) is 0.656. The van der Waals surface area contributed by atoms with Crippen molar-refractivity contribution in [1.82, 2.24) is 5.32 Å². The van der Waals surface area contributed by atoms with Crippen LogP contribution in [0.2, 0.25) is 0 Å². The molecule has 0 radical (unpaired) electrons. The molecule has 0 bridgehead atoms. The Morgan fingerprint density at radius 1 is 1.46 bits per heavy atom. The van der Waals surface area contributed by atoms with Crippen LogP contribution in [0.4, 0.5) is 0 Å². The summed E-state index contributed by atoms with van der Waals surface area (Å²) < 4.78 is 4.58. The first-order valence-corrected chi connectivity index (χ1v) is 4.66. The average molecular weight is 228 g/mol. The van der Waals surface area contributed by atoms with Crippen molar-refractivity contribution >= 4 is 35.1 Å². The molecule has 6 heteroatoms. The van der Waals surface area contributed by atoms with E-state index < -0.39 is 10.8 Å². The van der Waals surface area contributed by atoms with Crippen LogP contribution in [0.5, 0.6) is 0 Å². The Morgan fingerprint density at radius 2 is 2.08 bits per heavy atom. The Morgan fingerprint density at radius 3 is 2.54 bits per heavy atom. The van der Waals surface area contributed by atoms with Crippen molar-refractivity contribution in [2.75, 3.05) is 13.2 Å². The molecular weight excluding hydrogens is 217 g/mol. The Balaban J connectivity index is 3.36. The number of halogens is 2. The number of esters is 1. The van der Waals surface area contributed by atoms with Crippen LogP contribution in [-0.2, 0) is 14.3 Å². The lowest BCUT2D eigenvalue weighted by Crippen LogP contribution is -2.28. The van der Waals surface area contributed by atoms with Gasteiger partial charge >= 0.3 is 5.97 Å². The van der Waals surface area contributed by atoms with E-state index in [1.165, 1.54) is 0 Å².